The van der Waals surface area contributed by atoms with Gasteiger partial charge in [0.25, 0.3) is 0 Å². The molecule has 21 heavy (non-hydrogen) atoms. The average molecular weight is 300 g/mol. The number of carboxylic acids is 1. The number of urea groups is 1. The number of amides is 2. The van der Waals surface area contributed by atoms with Crippen LogP contribution in [0.15, 0.2) is 0 Å². The molecule has 0 aliphatic heterocycles. The van der Waals surface area contributed by atoms with Gasteiger partial charge in [-0.15, -0.1) is 0 Å². The first-order valence-electron chi connectivity index (χ1n) is 7.84. The molecule has 0 aromatic heterocycles. The predicted octanol–water partition coefficient (Wildman–Crippen LogP) is 3.34. The van der Waals surface area contributed by atoms with Crippen molar-refractivity contribution < 1.29 is 14.7 Å². The molecule has 0 aliphatic rings. The number of nitrogens with one attached hydrogen (secondary N) is 1. The van der Waals surface area contributed by atoms with Gasteiger partial charge in [-0.2, -0.15) is 0 Å². The Kier molecular flexibility index (Phi) is 7.75. The van der Waals surface area contributed by atoms with Crippen molar-refractivity contribution in [1.82, 2.24) is 10.2 Å². The van der Waals surface area contributed by atoms with Crippen LogP contribution >= 0.6 is 0 Å². The maximum Gasteiger partial charge on any atom is 0.326 e. The van der Waals surface area contributed by atoms with Gasteiger partial charge in [-0.3, -0.25) is 0 Å². The zero-order valence-corrected chi connectivity index (χ0v) is 14.6. The molecular formula is C16H32N2O3. The van der Waals surface area contributed by atoms with Gasteiger partial charge in [-0.05, 0) is 24.2 Å². The Hall–Kier alpha value is -1.26. The molecule has 0 heterocycles. The summed E-state index contributed by atoms with van der Waals surface area (Å²) in [5.74, 6) is -0.654. The molecule has 0 rings (SSSR count). The van der Waals surface area contributed by atoms with Crippen LogP contribution in [0.3, 0.4) is 0 Å². The van der Waals surface area contributed by atoms with Crippen molar-refractivity contribution in [2.24, 2.45) is 11.3 Å². The molecule has 2 N–H and O–H groups in total. The van der Waals surface area contributed by atoms with Crippen LogP contribution in [0.4, 0.5) is 4.79 Å². The topological polar surface area (TPSA) is 69.6 Å². The number of carboxylic acid groups (broad SMARTS) is 1. The van der Waals surface area contributed by atoms with Crippen molar-refractivity contribution in [3.63, 3.8) is 0 Å². The molecule has 5 heteroatoms. The van der Waals surface area contributed by atoms with E-state index in [-0.39, 0.29) is 12.1 Å². The fourth-order valence-electron chi connectivity index (χ4n) is 2.38. The van der Waals surface area contributed by atoms with Crippen LogP contribution in [0.2, 0.25) is 0 Å². The molecule has 0 bridgehead atoms. The van der Waals surface area contributed by atoms with Crippen molar-refractivity contribution in [2.45, 2.75) is 73.4 Å². The molecule has 0 fully saturated rings. The highest BCUT2D eigenvalue weighted by Gasteiger charge is 2.34. The summed E-state index contributed by atoms with van der Waals surface area (Å²) < 4.78 is 0. The van der Waals surface area contributed by atoms with E-state index in [0.29, 0.717) is 12.5 Å². The molecule has 0 saturated heterocycles. The number of rotatable bonds is 7. The molecule has 5 nitrogen and oxygen atoms in total. The smallest absolute Gasteiger partial charge is 0.326 e. The summed E-state index contributed by atoms with van der Waals surface area (Å²) in [4.78, 5) is 25.7. The van der Waals surface area contributed by atoms with Gasteiger partial charge in [-0.1, -0.05) is 48.5 Å². The standard InChI is InChI=1S/C16H32N2O3/c1-8-12(9-2)18(10-11(3)4)15(21)17-13(14(19)20)16(5,6)7/h11-13H,8-10H2,1-7H3,(H,17,21)(H,19,20). The third-order valence-corrected chi connectivity index (χ3v) is 3.59. The predicted molar refractivity (Wildman–Crippen MR) is 85.3 cm³/mol. The van der Waals surface area contributed by atoms with Crippen molar-refractivity contribution in [2.75, 3.05) is 6.54 Å². The highest BCUT2D eigenvalue weighted by molar-refractivity contribution is 5.83. The monoisotopic (exact) mass is 300 g/mol. The molecule has 1 atom stereocenters. The number of aliphatic carboxylic acids is 1. The van der Waals surface area contributed by atoms with Crippen LogP contribution in [0.1, 0.15) is 61.3 Å². The van der Waals surface area contributed by atoms with Gasteiger partial charge in [0.2, 0.25) is 0 Å². The first-order valence-corrected chi connectivity index (χ1v) is 7.84. The number of carbonyl (C=O) groups excluding carboxylic acids is 1. The molecule has 1 unspecified atom stereocenters. The zero-order chi connectivity index (χ0) is 16.8. The van der Waals surface area contributed by atoms with E-state index in [2.05, 4.69) is 19.2 Å². The minimum atomic E-state index is -0.995. The summed E-state index contributed by atoms with van der Waals surface area (Å²) >= 11 is 0. The van der Waals surface area contributed by atoms with E-state index in [0.717, 1.165) is 12.8 Å². The molecule has 0 aromatic carbocycles. The minimum Gasteiger partial charge on any atom is -0.480 e. The third kappa shape index (κ3) is 6.36. The Labute approximate surface area is 129 Å². The van der Waals surface area contributed by atoms with Gasteiger partial charge in [0.1, 0.15) is 6.04 Å². The lowest BCUT2D eigenvalue weighted by Crippen LogP contribution is -2.55. The Morgan fingerprint density at radius 3 is 1.90 bits per heavy atom. The number of hydrogen-bond acceptors (Lipinski definition) is 2. The van der Waals surface area contributed by atoms with Gasteiger partial charge < -0.3 is 15.3 Å². The number of hydrogen-bond donors (Lipinski definition) is 2. The average Bonchev–Trinajstić information content (AvgIpc) is 2.33. The van der Waals surface area contributed by atoms with Crippen LogP contribution in [0, 0.1) is 11.3 Å². The summed E-state index contributed by atoms with van der Waals surface area (Å²) in [6.07, 6.45) is 1.73. The van der Waals surface area contributed by atoms with Gasteiger partial charge in [-0.25, -0.2) is 9.59 Å². The highest BCUT2D eigenvalue weighted by Crippen LogP contribution is 2.20. The Bertz CT molecular complexity index is 344. The fourth-order valence-corrected chi connectivity index (χ4v) is 2.38. The van der Waals surface area contributed by atoms with E-state index in [1.54, 1.807) is 4.90 Å². The fraction of sp³-hybridized carbons (Fsp3) is 0.875. The lowest BCUT2D eigenvalue weighted by Gasteiger charge is -2.35. The second-order valence-corrected chi connectivity index (χ2v) is 7.10. The largest absolute Gasteiger partial charge is 0.480 e. The highest BCUT2D eigenvalue weighted by atomic mass is 16.4. The quantitative estimate of drug-likeness (QED) is 0.757. The van der Waals surface area contributed by atoms with E-state index in [1.165, 1.54) is 0 Å². The van der Waals surface area contributed by atoms with Crippen LogP contribution in [-0.2, 0) is 4.79 Å². The number of carbonyl (C=O) groups is 2. The molecule has 0 aliphatic carbocycles. The second-order valence-electron chi connectivity index (χ2n) is 7.10. The van der Waals surface area contributed by atoms with Crippen molar-refractivity contribution in [3.05, 3.63) is 0 Å². The van der Waals surface area contributed by atoms with Crippen molar-refractivity contribution in [3.8, 4) is 0 Å². The summed E-state index contributed by atoms with van der Waals surface area (Å²) in [5, 5.41) is 12.0. The maximum absolute atomic E-state index is 12.6. The molecule has 0 aromatic rings. The summed E-state index contributed by atoms with van der Waals surface area (Å²) in [7, 11) is 0. The molecule has 124 valence electrons. The van der Waals surface area contributed by atoms with Gasteiger partial charge in [0, 0.05) is 12.6 Å². The van der Waals surface area contributed by atoms with Gasteiger partial charge in [0.15, 0.2) is 0 Å². The summed E-state index contributed by atoms with van der Waals surface area (Å²) in [6.45, 7) is 14.3. The van der Waals surface area contributed by atoms with Crippen molar-refractivity contribution in [1.29, 1.82) is 0 Å². The Morgan fingerprint density at radius 1 is 1.14 bits per heavy atom. The van der Waals surface area contributed by atoms with E-state index < -0.39 is 17.4 Å². The third-order valence-electron chi connectivity index (χ3n) is 3.59. The second kappa shape index (κ2) is 8.25. The Morgan fingerprint density at radius 2 is 1.62 bits per heavy atom. The maximum atomic E-state index is 12.6. The van der Waals surface area contributed by atoms with Crippen LogP contribution in [0.25, 0.3) is 0 Å². The summed E-state index contributed by atoms with van der Waals surface area (Å²) in [6, 6.07) is -1.03. The lowest BCUT2D eigenvalue weighted by molar-refractivity contribution is -0.142. The van der Waals surface area contributed by atoms with Crippen molar-refractivity contribution >= 4 is 12.0 Å². The molecular weight excluding hydrogens is 268 g/mol. The first kappa shape index (κ1) is 19.7. The van der Waals surface area contributed by atoms with E-state index >= 15 is 0 Å². The van der Waals surface area contributed by atoms with E-state index in [4.69, 9.17) is 0 Å². The zero-order valence-electron chi connectivity index (χ0n) is 14.6. The molecule has 0 radical (unpaired) electrons. The van der Waals surface area contributed by atoms with Crippen LogP contribution in [0.5, 0.6) is 0 Å². The number of nitrogens with zero attached hydrogens (tertiary/aromatic N) is 1. The summed E-state index contributed by atoms with van der Waals surface area (Å²) in [5.41, 5.74) is -0.529. The molecule has 0 saturated carbocycles. The van der Waals surface area contributed by atoms with E-state index in [9.17, 15) is 14.7 Å². The molecule has 2 amide bonds. The first-order chi connectivity index (χ1) is 9.54. The molecule has 0 spiro atoms. The van der Waals surface area contributed by atoms with E-state index in [1.807, 2.05) is 34.6 Å². The van der Waals surface area contributed by atoms with Gasteiger partial charge >= 0.3 is 12.0 Å². The van der Waals surface area contributed by atoms with Gasteiger partial charge in [0.05, 0.1) is 0 Å². The normalized spacial score (nSPS) is 13.4. The Balaban J connectivity index is 5.15. The minimum absolute atomic E-state index is 0.141. The van der Waals surface area contributed by atoms with Crippen LogP contribution in [-0.4, -0.2) is 40.6 Å². The van der Waals surface area contributed by atoms with Crippen LogP contribution < -0.4 is 5.32 Å². The SMILES string of the molecule is CCC(CC)N(CC(C)C)C(=O)NC(C(=O)O)C(C)(C)C. The lowest BCUT2D eigenvalue weighted by atomic mass is 9.87.